The van der Waals surface area contributed by atoms with Gasteiger partial charge in [-0.2, -0.15) is 13.2 Å². The van der Waals surface area contributed by atoms with E-state index in [1.807, 2.05) is 0 Å². The van der Waals surface area contributed by atoms with E-state index in [4.69, 9.17) is 16.0 Å². The molecule has 0 atom stereocenters. The third-order valence-corrected chi connectivity index (χ3v) is 2.90. The zero-order valence-electron chi connectivity index (χ0n) is 11.5. The monoisotopic (exact) mass is 333 g/mol. The van der Waals surface area contributed by atoms with Crippen molar-refractivity contribution in [2.24, 2.45) is 0 Å². The van der Waals surface area contributed by atoms with E-state index in [9.17, 15) is 18.0 Å². The van der Waals surface area contributed by atoms with Gasteiger partial charge < -0.3 is 9.73 Å². The van der Waals surface area contributed by atoms with Crippen molar-refractivity contribution in [3.05, 3.63) is 40.6 Å². The number of alkyl halides is 3. The number of anilines is 1. The van der Waals surface area contributed by atoms with Crippen molar-refractivity contribution >= 4 is 23.2 Å². The fourth-order valence-corrected chi connectivity index (χ4v) is 1.77. The van der Waals surface area contributed by atoms with E-state index in [1.165, 1.54) is 6.07 Å². The second-order valence-electron chi connectivity index (χ2n) is 4.74. The highest BCUT2D eigenvalue weighted by Crippen LogP contribution is 2.36. The summed E-state index contributed by atoms with van der Waals surface area (Å²) in [6, 6.07) is 3.02. The number of nitrogens with zero attached hydrogens (tertiary/aromatic N) is 2. The summed E-state index contributed by atoms with van der Waals surface area (Å²) in [5, 5.41) is 9.16. The quantitative estimate of drug-likeness (QED) is 0.917. The summed E-state index contributed by atoms with van der Waals surface area (Å²) in [5.74, 6) is -1.22. The number of hydrogen-bond acceptors (Lipinski definition) is 4. The molecule has 0 saturated heterocycles. The van der Waals surface area contributed by atoms with Crippen LogP contribution in [0.5, 0.6) is 0 Å². The lowest BCUT2D eigenvalue weighted by atomic mass is 10.1. The molecule has 118 valence electrons. The first-order valence-corrected chi connectivity index (χ1v) is 6.57. The summed E-state index contributed by atoms with van der Waals surface area (Å²) in [5.41, 5.74) is -1.50. The Kier molecular flexibility index (Phi) is 4.41. The number of amides is 1. The van der Waals surface area contributed by atoms with Crippen LogP contribution in [0.1, 0.15) is 41.9 Å². The summed E-state index contributed by atoms with van der Waals surface area (Å²) < 4.78 is 43.9. The van der Waals surface area contributed by atoms with Gasteiger partial charge in [-0.3, -0.25) is 4.79 Å². The molecule has 22 heavy (non-hydrogen) atoms. The number of nitrogens with one attached hydrogen (secondary N) is 1. The van der Waals surface area contributed by atoms with Gasteiger partial charge >= 0.3 is 18.0 Å². The highest BCUT2D eigenvalue weighted by molar-refractivity contribution is 6.30. The highest BCUT2D eigenvalue weighted by atomic mass is 35.5. The Morgan fingerprint density at radius 2 is 2.00 bits per heavy atom. The van der Waals surface area contributed by atoms with Gasteiger partial charge in [0.1, 0.15) is 0 Å². The third-order valence-electron chi connectivity index (χ3n) is 2.66. The standard InChI is InChI=1S/C13H11ClF3N3O2/c1-6(2)11-19-20-12(22-11)10(21)18-9-4-3-7(14)5-8(9)13(15,16)17/h3-6H,1-2H3,(H,18,21). The second kappa shape index (κ2) is 5.96. The van der Waals surface area contributed by atoms with Gasteiger partial charge in [-0.25, -0.2) is 0 Å². The number of halogens is 4. The van der Waals surface area contributed by atoms with Crippen molar-refractivity contribution in [2.45, 2.75) is 25.9 Å². The molecule has 0 bridgehead atoms. The maximum atomic E-state index is 12.9. The molecule has 2 aromatic rings. The molecular formula is C13H11ClF3N3O2. The van der Waals surface area contributed by atoms with Gasteiger partial charge in [0.15, 0.2) is 0 Å². The molecule has 1 aromatic carbocycles. The van der Waals surface area contributed by atoms with Crippen LogP contribution in [-0.4, -0.2) is 16.1 Å². The number of aromatic nitrogens is 2. The summed E-state index contributed by atoms with van der Waals surface area (Å²) in [7, 11) is 0. The summed E-state index contributed by atoms with van der Waals surface area (Å²) in [4.78, 5) is 11.9. The minimum atomic E-state index is -4.66. The average molecular weight is 334 g/mol. The molecule has 1 aromatic heterocycles. The van der Waals surface area contributed by atoms with E-state index >= 15 is 0 Å². The molecule has 0 aliphatic carbocycles. The Morgan fingerprint density at radius 1 is 1.32 bits per heavy atom. The first kappa shape index (κ1) is 16.3. The largest absolute Gasteiger partial charge is 0.418 e. The van der Waals surface area contributed by atoms with Crippen LogP contribution in [0.4, 0.5) is 18.9 Å². The molecule has 0 aliphatic rings. The van der Waals surface area contributed by atoms with Gasteiger partial charge in [0.2, 0.25) is 5.89 Å². The van der Waals surface area contributed by atoms with Gasteiger partial charge in [-0.15, -0.1) is 10.2 Å². The van der Waals surface area contributed by atoms with Crippen molar-refractivity contribution in [1.29, 1.82) is 0 Å². The van der Waals surface area contributed by atoms with Crippen LogP contribution in [-0.2, 0) is 6.18 Å². The molecular weight excluding hydrogens is 323 g/mol. The van der Waals surface area contributed by atoms with Gasteiger partial charge in [-0.05, 0) is 18.2 Å². The van der Waals surface area contributed by atoms with E-state index in [1.54, 1.807) is 13.8 Å². The van der Waals surface area contributed by atoms with Crippen molar-refractivity contribution in [3.8, 4) is 0 Å². The van der Waals surface area contributed by atoms with Crippen LogP contribution in [0.25, 0.3) is 0 Å². The molecule has 0 fully saturated rings. The fourth-order valence-electron chi connectivity index (χ4n) is 1.60. The van der Waals surface area contributed by atoms with E-state index in [-0.39, 0.29) is 16.8 Å². The first-order chi connectivity index (χ1) is 10.2. The van der Waals surface area contributed by atoms with E-state index in [0.717, 1.165) is 12.1 Å². The van der Waals surface area contributed by atoms with Crippen LogP contribution in [0.2, 0.25) is 5.02 Å². The molecule has 0 radical (unpaired) electrons. The van der Waals surface area contributed by atoms with E-state index < -0.39 is 29.2 Å². The third kappa shape index (κ3) is 3.56. The Morgan fingerprint density at radius 3 is 2.55 bits per heavy atom. The molecule has 1 heterocycles. The van der Waals surface area contributed by atoms with Crippen molar-refractivity contribution in [2.75, 3.05) is 5.32 Å². The second-order valence-corrected chi connectivity index (χ2v) is 5.18. The maximum Gasteiger partial charge on any atom is 0.418 e. The van der Waals surface area contributed by atoms with Gasteiger partial charge in [0.25, 0.3) is 0 Å². The lowest BCUT2D eigenvalue weighted by molar-refractivity contribution is -0.136. The van der Waals surface area contributed by atoms with Crippen molar-refractivity contribution < 1.29 is 22.4 Å². The van der Waals surface area contributed by atoms with Crippen LogP contribution < -0.4 is 5.32 Å². The predicted octanol–water partition coefficient (Wildman–Crippen LogP) is 4.12. The van der Waals surface area contributed by atoms with Crippen molar-refractivity contribution in [3.63, 3.8) is 0 Å². The number of hydrogen-bond donors (Lipinski definition) is 1. The number of benzene rings is 1. The zero-order chi connectivity index (χ0) is 16.5. The minimum absolute atomic E-state index is 0.0924. The molecule has 0 aliphatic heterocycles. The lowest BCUT2D eigenvalue weighted by Gasteiger charge is -2.13. The number of rotatable bonds is 3. The summed E-state index contributed by atoms with van der Waals surface area (Å²) in [6.45, 7) is 3.55. The van der Waals surface area contributed by atoms with Crippen LogP contribution in [0.15, 0.2) is 22.6 Å². The first-order valence-electron chi connectivity index (χ1n) is 6.20. The van der Waals surface area contributed by atoms with Gasteiger partial charge in [0.05, 0.1) is 11.3 Å². The molecule has 1 amide bonds. The zero-order valence-corrected chi connectivity index (χ0v) is 12.3. The van der Waals surface area contributed by atoms with Gasteiger partial charge in [0, 0.05) is 10.9 Å². The molecule has 0 saturated carbocycles. The molecule has 5 nitrogen and oxygen atoms in total. The molecule has 0 unspecified atom stereocenters. The van der Waals surface area contributed by atoms with E-state index in [2.05, 4.69) is 15.5 Å². The van der Waals surface area contributed by atoms with E-state index in [0.29, 0.717) is 0 Å². The number of carbonyl (C=O) groups excluding carboxylic acids is 1. The lowest BCUT2D eigenvalue weighted by Crippen LogP contribution is -2.17. The van der Waals surface area contributed by atoms with Gasteiger partial charge in [-0.1, -0.05) is 25.4 Å². The number of carbonyl (C=O) groups is 1. The summed E-state index contributed by atoms with van der Waals surface area (Å²) >= 11 is 5.56. The topological polar surface area (TPSA) is 68.0 Å². The molecule has 1 N–H and O–H groups in total. The smallest absolute Gasteiger partial charge is 0.417 e. The van der Waals surface area contributed by atoms with Crippen LogP contribution in [0, 0.1) is 0 Å². The fraction of sp³-hybridized carbons (Fsp3) is 0.308. The average Bonchev–Trinajstić information content (AvgIpc) is 2.89. The Balaban J connectivity index is 2.28. The molecule has 0 spiro atoms. The SMILES string of the molecule is CC(C)c1nnc(C(=O)Nc2ccc(Cl)cc2C(F)(F)F)o1. The Labute approximate surface area is 128 Å². The summed E-state index contributed by atoms with van der Waals surface area (Å²) in [6.07, 6.45) is -4.66. The van der Waals surface area contributed by atoms with Crippen LogP contribution >= 0.6 is 11.6 Å². The maximum absolute atomic E-state index is 12.9. The van der Waals surface area contributed by atoms with Crippen molar-refractivity contribution in [1.82, 2.24) is 10.2 Å². The Bertz CT molecular complexity index is 698. The molecule has 2 rings (SSSR count). The predicted molar refractivity (Wildman–Crippen MR) is 72.8 cm³/mol. The van der Waals surface area contributed by atoms with Crippen LogP contribution in [0.3, 0.4) is 0 Å². The normalized spacial score (nSPS) is 11.8. The molecule has 9 heteroatoms. The highest BCUT2D eigenvalue weighted by Gasteiger charge is 2.34. The minimum Gasteiger partial charge on any atom is -0.417 e. The Hall–Kier alpha value is -2.09.